The van der Waals surface area contributed by atoms with Gasteiger partial charge in [-0.3, -0.25) is 14.7 Å². The minimum atomic E-state index is 0.307. The molecule has 136 valence electrons. The summed E-state index contributed by atoms with van der Waals surface area (Å²) >= 11 is 0. The minimum Gasteiger partial charge on any atom is -0.342 e. The number of hydrogen-bond acceptors (Lipinski definition) is 3. The van der Waals surface area contributed by atoms with E-state index >= 15 is 0 Å². The summed E-state index contributed by atoms with van der Waals surface area (Å²) in [6, 6.07) is 4.18. The fraction of sp³-hybridized carbons (Fsp3) is 0.619. The fourth-order valence-corrected chi connectivity index (χ4v) is 4.21. The van der Waals surface area contributed by atoms with Crippen molar-refractivity contribution in [2.24, 2.45) is 11.8 Å². The summed E-state index contributed by atoms with van der Waals surface area (Å²) in [5, 5.41) is 0. The molecule has 0 aliphatic carbocycles. The van der Waals surface area contributed by atoms with Crippen LogP contribution in [0.2, 0.25) is 0 Å². The van der Waals surface area contributed by atoms with Crippen molar-refractivity contribution < 1.29 is 4.79 Å². The van der Waals surface area contributed by atoms with E-state index in [0.29, 0.717) is 18.2 Å². The molecule has 0 spiro atoms. The van der Waals surface area contributed by atoms with Crippen LogP contribution in [0.15, 0.2) is 36.7 Å². The van der Waals surface area contributed by atoms with Gasteiger partial charge >= 0.3 is 0 Å². The fourth-order valence-electron chi connectivity index (χ4n) is 4.21. The molecule has 1 unspecified atom stereocenters. The van der Waals surface area contributed by atoms with E-state index in [1.807, 2.05) is 24.5 Å². The van der Waals surface area contributed by atoms with Gasteiger partial charge in [0.1, 0.15) is 0 Å². The van der Waals surface area contributed by atoms with Crippen LogP contribution in [-0.2, 0) is 11.3 Å². The lowest BCUT2D eigenvalue weighted by Gasteiger charge is -2.34. The molecule has 0 bridgehead atoms. The van der Waals surface area contributed by atoms with Crippen LogP contribution in [0.4, 0.5) is 0 Å². The maximum absolute atomic E-state index is 12.3. The highest BCUT2D eigenvalue weighted by molar-refractivity contribution is 5.77. The number of aromatic nitrogens is 1. The molecule has 0 saturated carbocycles. The number of hydrogen-bond donors (Lipinski definition) is 0. The molecule has 4 nitrogen and oxygen atoms in total. The molecule has 2 aliphatic heterocycles. The number of carbonyl (C=O) groups is 1. The van der Waals surface area contributed by atoms with Gasteiger partial charge in [0.25, 0.3) is 0 Å². The maximum Gasteiger partial charge on any atom is 0.226 e. The monoisotopic (exact) mass is 341 g/mol. The van der Waals surface area contributed by atoms with Gasteiger partial charge in [-0.15, -0.1) is 0 Å². The lowest BCUT2D eigenvalue weighted by molar-refractivity contribution is -0.129. The summed E-state index contributed by atoms with van der Waals surface area (Å²) in [4.78, 5) is 21.1. The number of likely N-dealkylation sites (tertiary alicyclic amines) is 2. The number of amides is 1. The van der Waals surface area contributed by atoms with Crippen molar-refractivity contribution in [1.29, 1.82) is 0 Å². The summed E-state index contributed by atoms with van der Waals surface area (Å²) in [6.45, 7) is 7.39. The van der Waals surface area contributed by atoms with Gasteiger partial charge in [-0.25, -0.2) is 0 Å². The molecule has 4 heteroatoms. The molecule has 2 aliphatic rings. The van der Waals surface area contributed by atoms with Gasteiger partial charge < -0.3 is 4.90 Å². The van der Waals surface area contributed by atoms with Crippen molar-refractivity contribution in [3.8, 4) is 0 Å². The van der Waals surface area contributed by atoms with Crippen molar-refractivity contribution in [3.05, 3.63) is 42.2 Å². The largest absolute Gasteiger partial charge is 0.342 e. The zero-order chi connectivity index (χ0) is 17.5. The third-order valence-electron chi connectivity index (χ3n) is 5.70. The molecule has 2 saturated heterocycles. The zero-order valence-corrected chi connectivity index (χ0v) is 15.4. The predicted molar refractivity (Wildman–Crippen MR) is 101 cm³/mol. The maximum atomic E-state index is 12.3. The molecule has 0 radical (unpaired) electrons. The Hall–Kier alpha value is -1.68. The highest BCUT2D eigenvalue weighted by Crippen LogP contribution is 2.32. The summed E-state index contributed by atoms with van der Waals surface area (Å²) < 4.78 is 0. The summed E-state index contributed by atoms with van der Waals surface area (Å²) in [7, 11) is 0. The Morgan fingerprint density at radius 1 is 1.20 bits per heavy atom. The lowest BCUT2D eigenvalue weighted by Crippen LogP contribution is -2.37. The Bertz CT molecular complexity index is 564. The number of carbonyl (C=O) groups excluding carboxylic acids is 1. The Morgan fingerprint density at radius 3 is 2.72 bits per heavy atom. The van der Waals surface area contributed by atoms with Gasteiger partial charge in [0.2, 0.25) is 5.91 Å². The summed E-state index contributed by atoms with van der Waals surface area (Å²) in [6.07, 6.45) is 13.2. The number of pyridine rings is 1. The van der Waals surface area contributed by atoms with E-state index in [2.05, 4.69) is 33.8 Å². The van der Waals surface area contributed by atoms with Gasteiger partial charge in [-0.1, -0.05) is 25.1 Å². The molecule has 3 heterocycles. The third kappa shape index (κ3) is 5.15. The molecular formula is C21H31N3O. The number of allylic oxidation sites excluding steroid dienone is 1. The normalized spacial score (nSPS) is 22.8. The molecule has 25 heavy (non-hydrogen) atoms. The molecule has 1 atom stereocenters. The zero-order valence-electron chi connectivity index (χ0n) is 15.4. The van der Waals surface area contributed by atoms with Crippen molar-refractivity contribution >= 4 is 5.91 Å². The van der Waals surface area contributed by atoms with E-state index < -0.39 is 0 Å². The van der Waals surface area contributed by atoms with E-state index in [1.165, 1.54) is 37.9 Å². The van der Waals surface area contributed by atoms with Crippen molar-refractivity contribution in [2.45, 2.75) is 45.6 Å². The average Bonchev–Trinajstić information content (AvgIpc) is 3.14. The van der Waals surface area contributed by atoms with Crippen LogP contribution >= 0.6 is 0 Å². The highest BCUT2D eigenvalue weighted by atomic mass is 16.2. The lowest BCUT2D eigenvalue weighted by atomic mass is 9.83. The molecule has 2 fully saturated rings. The van der Waals surface area contributed by atoms with Crippen LogP contribution in [-0.4, -0.2) is 46.9 Å². The first-order chi connectivity index (χ1) is 12.3. The number of nitrogens with zero attached hydrogens (tertiary/aromatic N) is 3. The van der Waals surface area contributed by atoms with Gasteiger partial charge in [0.15, 0.2) is 0 Å². The van der Waals surface area contributed by atoms with E-state index in [1.54, 1.807) is 0 Å². The van der Waals surface area contributed by atoms with Gasteiger partial charge in [-0.05, 0) is 62.2 Å². The second kappa shape index (κ2) is 9.14. The average molecular weight is 341 g/mol. The summed E-state index contributed by atoms with van der Waals surface area (Å²) in [5.74, 6) is 1.80. The first-order valence-corrected chi connectivity index (χ1v) is 9.80. The quantitative estimate of drug-likeness (QED) is 0.743. The van der Waals surface area contributed by atoms with Gasteiger partial charge in [-0.2, -0.15) is 0 Å². The topological polar surface area (TPSA) is 36.4 Å². The Labute approximate surface area is 151 Å². The Balaban J connectivity index is 1.41. The van der Waals surface area contributed by atoms with Crippen LogP contribution in [0.1, 0.15) is 44.6 Å². The van der Waals surface area contributed by atoms with Crippen LogP contribution in [0, 0.1) is 11.8 Å². The molecule has 1 aromatic heterocycles. The van der Waals surface area contributed by atoms with Gasteiger partial charge in [0, 0.05) is 38.4 Å². The van der Waals surface area contributed by atoms with E-state index in [0.717, 1.165) is 32.0 Å². The van der Waals surface area contributed by atoms with E-state index in [-0.39, 0.29) is 0 Å². The predicted octanol–water partition coefficient (Wildman–Crippen LogP) is 3.50. The molecular weight excluding hydrogens is 310 g/mol. The van der Waals surface area contributed by atoms with Crippen LogP contribution < -0.4 is 0 Å². The number of piperidine rings is 1. The van der Waals surface area contributed by atoms with Crippen molar-refractivity contribution in [1.82, 2.24) is 14.8 Å². The van der Waals surface area contributed by atoms with Gasteiger partial charge in [0.05, 0.1) is 0 Å². The molecule has 0 aromatic carbocycles. The molecule has 3 rings (SSSR count). The smallest absolute Gasteiger partial charge is 0.226 e. The first kappa shape index (κ1) is 18.1. The minimum absolute atomic E-state index is 0.307. The standard InChI is InChI=1S/C21H31N3O/c1-2-3-4-7-21(25)24-14-10-20(17-24)19-8-12-23(13-9-19)16-18-6-5-11-22-15-18/h3-6,11,15,19-20H,2,7-10,12-14,16-17H2,1H3/b4-3+. The molecule has 1 aromatic rings. The van der Waals surface area contributed by atoms with E-state index in [4.69, 9.17) is 0 Å². The highest BCUT2D eigenvalue weighted by Gasteiger charge is 2.33. The van der Waals surface area contributed by atoms with Crippen molar-refractivity contribution in [2.75, 3.05) is 26.2 Å². The van der Waals surface area contributed by atoms with Crippen LogP contribution in [0.5, 0.6) is 0 Å². The van der Waals surface area contributed by atoms with Crippen LogP contribution in [0.3, 0.4) is 0 Å². The number of rotatable bonds is 6. The van der Waals surface area contributed by atoms with Crippen LogP contribution in [0.25, 0.3) is 0 Å². The molecule has 0 N–H and O–H groups in total. The third-order valence-corrected chi connectivity index (χ3v) is 5.70. The Kier molecular flexibility index (Phi) is 6.62. The second-order valence-electron chi connectivity index (χ2n) is 7.45. The van der Waals surface area contributed by atoms with E-state index in [9.17, 15) is 4.79 Å². The Morgan fingerprint density at radius 2 is 2.00 bits per heavy atom. The first-order valence-electron chi connectivity index (χ1n) is 9.80. The summed E-state index contributed by atoms with van der Waals surface area (Å²) in [5.41, 5.74) is 1.30. The molecule has 1 amide bonds. The van der Waals surface area contributed by atoms with Crippen molar-refractivity contribution in [3.63, 3.8) is 0 Å². The SMILES string of the molecule is CC/C=C/CC(=O)N1CCC(C2CCN(Cc3cccnc3)CC2)C1. The second-order valence-corrected chi connectivity index (χ2v) is 7.45.